The molecule has 0 bridgehead atoms. The first-order valence-electron chi connectivity index (χ1n) is 8.05. The Labute approximate surface area is 127 Å². The van der Waals surface area contributed by atoms with Gasteiger partial charge in [-0.05, 0) is 37.0 Å². The standard InChI is InChI=1S/C17H25N3O/c1-14(21)19-9-2-10-20(12-11-19)17-7-3-15(4-8-17)13-18-16-5-6-16/h3-4,7-8,16,18H,2,5-6,9-13H2,1H3. The van der Waals surface area contributed by atoms with Crippen molar-refractivity contribution in [2.24, 2.45) is 0 Å². The van der Waals surface area contributed by atoms with Gasteiger partial charge >= 0.3 is 0 Å². The highest BCUT2D eigenvalue weighted by Crippen LogP contribution is 2.21. The third-order valence-electron chi connectivity index (χ3n) is 4.41. The highest BCUT2D eigenvalue weighted by atomic mass is 16.2. The lowest BCUT2D eigenvalue weighted by molar-refractivity contribution is -0.128. The average molecular weight is 287 g/mol. The van der Waals surface area contributed by atoms with Crippen LogP contribution in [0.4, 0.5) is 5.69 Å². The van der Waals surface area contributed by atoms with Gasteiger partial charge in [0.15, 0.2) is 0 Å². The number of benzene rings is 1. The van der Waals surface area contributed by atoms with Crippen LogP contribution in [0.25, 0.3) is 0 Å². The van der Waals surface area contributed by atoms with E-state index in [1.165, 1.54) is 24.1 Å². The van der Waals surface area contributed by atoms with Gasteiger partial charge in [0.25, 0.3) is 0 Å². The van der Waals surface area contributed by atoms with Gasteiger partial charge in [0.1, 0.15) is 0 Å². The molecular weight excluding hydrogens is 262 g/mol. The molecule has 1 saturated heterocycles. The Balaban J connectivity index is 1.56. The number of rotatable bonds is 4. The maximum absolute atomic E-state index is 11.5. The molecule has 1 aromatic rings. The first-order chi connectivity index (χ1) is 10.2. The van der Waals surface area contributed by atoms with Crippen LogP contribution in [0.3, 0.4) is 0 Å². The number of hydrogen-bond donors (Lipinski definition) is 1. The van der Waals surface area contributed by atoms with Crippen LogP contribution in [0.2, 0.25) is 0 Å². The van der Waals surface area contributed by atoms with Crippen LogP contribution in [-0.2, 0) is 11.3 Å². The SMILES string of the molecule is CC(=O)N1CCCN(c2ccc(CNC3CC3)cc2)CC1. The number of amides is 1. The fraction of sp³-hybridized carbons (Fsp3) is 0.588. The Morgan fingerprint density at radius 2 is 1.90 bits per heavy atom. The maximum Gasteiger partial charge on any atom is 0.219 e. The molecule has 1 aliphatic carbocycles. The fourth-order valence-corrected chi connectivity index (χ4v) is 2.86. The number of nitrogens with zero attached hydrogens (tertiary/aromatic N) is 2. The summed E-state index contributed by atoms with van der Waals surface area (Å²) in [5.74, 6) is 0.193. The summed E-state index contributed by atoms with van der Waals surface area (Å²) < 4.78 is 0. The maximum atomic E-state index is 11.5. The zero-order valence-corrected chi connectivity index (χ0v) is 12.8. The van der Waals surface area contributed by atoms with Gasteiger partial charge in [0.2, 0.25) is 5.91 Å². The highest BCUT2D eigenvalue weighted by molar-refractivity contribution is 5.73. The van der Waals surface area contributed by atoms with Crippen LogP contribution in [0.15, 0.2) is 24.3 Å². The first-order valence-corrected chi connectivity index (χ1v) is 8.05. The van der Waals surface area contributed by atoms with E-state index in [0.29, 0.717) is 0 Å². The molecule has 4 nitrogen and oxygen atoms in total. The van der Waals surface area contributed by atoms with E-state index >= 15 is 0 Å². The molecule has 0 radical (unpaired) electrons. The molecule has 1 aliphatic heterocycles. The van der Waals surface area contributed by atoms with Gasteiger partial charge in [-0.25, -0.2) is 0 Å². The zero-order valence-electron chi connectivity index (χ0n) is 12.8. The molecule has 0 spiro atoms. The molecule has 0 atom stereocenters. The van der Waals surface area contributed by atoms with E-state index < -0.39 is 0 Å². The van der Waals surface area contributed by atoms with Crippen molar-refractivity contribution in [1.82, 2.24) is 10.2 Å². The van der Waals surface area contributed by atoms with Crippen molar-refractivity contribution >= 4 is 11.6 Å². The summed E-state index contributed by atoms with van der Waals surface area (Å²) in [5, 5.41) is 3.54. The van der Waals surface area contributed by atoms with E-state index in [-0.39, 0.29) is 5.91 Å². The largest absolute Gasteiger partial charge is 0.370 e. The average Bonchev–Trinajstić information content (AvgIpc) is 3.32. The first kappa shape index (κ1) is 14.4. The minimum atomic E-state index is 0.193. The molecule has 0 aromatic heterocycles. The van der Waals surface area contributed by atoms with Crippen molar-refractivity contribution in [2.75, 3.05) is 31.1 Å². The van der Waals surface area contributed by atoms with E-state index in [9.17, 15) is 4.79 Å². The molecule has 114 valence electrons. The lowest BCUT2D eigenvalue weighted by Gasteiger charge is -2.23. The van der Waals surface area contributed by atoms with Crippen LogP contribution in [-0.4, -0.2) is 43.0 Å². The second kappa shape index (κ2) is 6.48. The van der Waals surface area contributed by atoms with Crippen LogP contribution in [0, 0.1) is 0 Å². The fourth-order valence-electron chi connectivity index (χ4n) is 2.86. The second-order valence-electron chi connectivity index (χ2n) is 6.17. The van der Waals surface area contributed by atoms with Crippen LogP contribution in [0.1, 0.15) is 31.7 Å². The summed E-state index contributed by atoms with van der Waals surface area (Å²) in [6, 6.07) is 9.63. The van der Waals surface area contributed by atoms with E-state index in [1.807, 2.05) is 4.90 Å². The molecule has 0 unspecified atom stereocenters. The summed E-state index contributed by atoms with van der Waals surface area (Å²) in [6.45, 7) is 6.32. The quantitative estimate of drug-likeness (QED) is 0.920. The number of carbonyl (C=O) groups is 1. The van der Waals surface area contributed by atoms with Gasteiger partial charge in [0, 0.05) is 51.4 Å². The highest BCUT2D eigenvalue weighted by Gasteiger charge is 2.20. The number of nitrogens with one attached hydrogen (secondary N) is 1. The Kier molecular flexibility index (Phi) is 4.44. The predicted octanol–water partition coefficient (Wildman–Crippen LogP) is 2.00. The Morgan fingerprint density at radius 1 is 1.14 bits per heavy atom. The van der Waals surface area contributed by atoms with Crippen LogP contribution in [0.5, 0.6) is 0 Å². The summed E-state index contributed by atoms with van der Waals surface area (Å²) in [6.07, 6.45) is 3.71. The van der Waals surface area contributed by atoms with E-state index in [1.54, 1.807) is 6.92 Å². The van der Waals surface area contributed by atoms with Crippen LogP contribution >= 0.6 is 0 Å². The topological polar surface area (TPSA) is 35.6 Å². The smallest absolute Gasteiger partial charge is 0.219 e. The Bertz CT molecular complexity index is 481. The van der Waals surface area contributed by atoms with Crippen molar-refractivity contribution in [3.63, 3.8) is 0 Å². The molecule has 1 aromatic carbocycles. The number of carbonyl (C=O) groups excluding carboxylic acids is 1. The summed E-state index contributed by atoms with van der Waals surface area (Å²) in [5.41, 5.74) is 2.63. The van der Waals surface area contributed by atoms with E-state index in [2.05, 4.69) is 34.5 Å². The molecule has 4 heteroatoms. The summed E-state index contributed by atoms with van der Waals surface area (Å²) in [7, 11) is 0. The van der Waals surface area contributed by atoms with E-state index in [0.717, 1.165) is 45.2 Å². The van der Waals surface area contributed by atoms with Crippen molar-refractivity contribution in [3.05, 3.63) is 29.8 Å². The third-order valence-corrected chi connectivity index (χ3v) is 4.41. The van der Waals surface area contributed by atoms with Gasteiger partial charge in [-0.15, -0.1) is 0 Å². The summed E-state index contributed by atoms with van der Waals surface area (Å²) in [4.78, 5) is 15.8. The van der Waals surface area contributed by atoms with Crippen molar-refractivity contribution in [1.29, 1.82) is 0 Å². The molecule has 1 N–H and O–H groups in total. The Hall–Kier alpha value is -1.55. The minimum absolute atomic E-state index is 0.193. The second-order valence-corrected chi connectivity index (χ2v) is 6.17. The van der Waals surface area contributed by atoms with Gasteiger partial charge in [-0.2, -0.15) is 0 Å². The molecule has 1 saturated carbocycles. The van der Waals surface area contributed by atoms with Crippen molar-refractivity contribution < 1.29 is 4.79 Å². The van der Waals surface area contributed by atoms with E-state index in [4.69, 9.17) is 0 Å². The molecule has 3 rings (SSSR count). The van der Waals surface area contributed by atoms with Gasteiger partial charge in [-0.3, -0.25) is 4.79 Å². The lowest BCUT2D eigenvalue weighted by Crippen LogP contribution is -2.33. The van der Waals surface area contributed by atoms with Gasteiger partial charge in [-0.1, -0.05) is 12.1 Å². The molecule has 2 aliphatic rings. The zero-order chi connectivity index (χ0) is 14.7. The summed E-state index contributed by atoms with van der Waals surface area (Å²) >= 11 is 0. The predicted molar refractivity (Wildman–Crippen MR) is 85.4 cm³/mol. The molecule has 2 fully saturated rings. The third kappa shape index (κ3) is 3.97. The van der Waals surface area contributed by atoms with Gasteiger partial charge < -0.3 is 15.1 Å². The lowest BCUT2D eigenvalue weighted by atomic mass is 10.2. The van der Waals surface area contributed by atoms with Crippen LogP contribution < -0.4 is 10.2 Å². The molecular formula is C17H25N3O. The number of anilines is 1. The van der Waals surface area contributed by atoms with Crippen molar-refractivity contribution in [3.8, 4) is 0 Å². The Morgan fingerprint density at radius 3 is 2.57 bits per heavy atom. The minimum Gasteiger partial charge on any atom is -0.370 e. The number of hydrogen-bond acceptors (Lipinski definition) is 3. The normalized spacial score (nSPS) is 19.5. The molecule has 1 amide bonds. The monoisotopic (exact) mass is 287 g/mol. The molecule has 21 heavy (non-hydrogen) atoms. The molecule has 1 heterocycles. The van der Waals surface area contributed by atoms with Gasteiger partial charge in [0.05, 0.1) is 0 Å². The van der Waals surface area contributed by atoms with Crippen molar-refractivity contribution in [2.45, 2.75) is 38.8 Å².